The first kappa shape index (κ1) is 17.8. The summed E-state index contributed by atoms with van der Waals surface area (Å²) in [5, 5.41) is 0. The van der Waals surface area contributed by atoms with Gasteiger partial charge in [-0.05, 0) is 30.5 Å². The predicted octanol–water partition coefficient (Wildman–Crippen LogP) is 4.82. The van der Waals surface area contributed by atoms with E-state index < -0.39 is 6.36 Å². The molecule has 1 aromatic carbocycles. The molecular weight excluding hydrogens is 279 g/mol. The van der Waals surface area contributed by atoms with Gasteiger partial charge in [-0.1, -0.05) is 51.2 Å². The first-order chi connectivity index (χ1) is 9.90. The number of halogens is 3. The lowest BCUT2D eigenvalue weighted by atomic mass is 10.0. The Bertz CT molecular complexity index is 390. The minimum atomic E-state index is -4.64. The first-order valence-electron chi connectivity index (χ1n) is 7.51. The maximum atomic E-state index is 12.0. The minimum absolute atomic E-state index is 0.0565. The van der Waals surface area contributed by atoms with Crippen LogP contribution in [0.4, 0.5) is 13.2 Å². The normalized spacial score (nSPS) is 13.2. The molecule has 0 aliphatic carbocycles. The van der Waals surface area contributed by atoms with E-state index >= 15 is 0 Å². The van der Waals surface area contributed by atoms with Crippen LogP contribution in [0.1, 0.15) is 51.0 Å². The molecule has 1 unspecified atom stereocenters. The number of alkyl halides is 3. The monoisotopic (exact) mass is 303 g/mol. The van der Waals surface area contributed by atoms with E-state index in [1.54, 1.807) is 12.1 Å². The van der Waals surface area contributed by atoms with Crippen molar-refractivity contribution >= 4 is 0 Å². The van der Waals surface area contributed by atoms with Crippen molar-refractivity contribution in [1.29, 1.82) is 0 Å². The molecule has 0 aliphatic heterocycles. The molecule has 0 radical (unpaired) electrons. The predicted molar refractivity (Wildman–Crippen MR) is 78.2 cm³/mol. The fourth-order valence-corrected chi connectivity index (χ4v) is 2.24. The van der Waals surface area contributed by atoms with Gasteiger partial charge in [-0.25, -0.2) is 0 Å². The summed E-state index contributed by atoms with van der Waals surface area (Å²) in [4.78, 5) is 0. The van der Waals surface area contributed by atoms with Gasteiger partial charge in [0.1, 0.15) is 5.75 Å². The molecule has 1 atom stereocenters. The smallest absolute Gasteiger partial charge is 0.406 e. The van der Waals surface area contributed by atoms with E-state index in [2.05, 4.69) is 11.7 Å². The van der Waals surface area contributed by atoms with Crippen LogP contribution in [0.2, 0.25) is 0 Å². The third kappa shape index (κ3) is 8.60. The molecule has 0 fully saturated rings. The van der Waals surface area contributed by atoms with E-state index in [1.165, 1.54) is 37.8 Å². The highest BCUT2D eigenvalue weighted by Gasteiger charge is 2.30. The molecule has 0 spiro atoms. The Hall–Kier alpha value is -1.23. The average Bonchev–Trinajstić information content (AvgIpc) is 2.39. The molecular formula is C16H24F3NO. The van der Waals surface area contributed by atoms with Crippen LogP contribution in [0.5, 0.6) is 5.75 Å². The van der Waals surface area contributed by atoms with Crippen molar-refractivity contribution in [3.63, 3.8) is 0 Å². The van der Waals surface area contributed by atoms with Crippen molar-refractivity contribution in [2.24, 2.45) is 5.73 Å². The standard InChI is InChI=1S/C16H24F3NO/c1-2-3-4-5-6-7-14(20)12-13-8-10-15(11-9-13)21-16(17,18)19/h8-11,14H,2-7,12,20H2,1H3. The molecule has 0 heterocycles. The van der Waals surface area contributed by atoms with Gasteiger partial charge in [0.05, 0.1) is 0 Å². The SMILES string of the molecule is CCCCCCCC(N)Cc1ccc(OC(F)(F)F)cc1. The lowest BCUT2D eigenvalue weighted by Gasteiger charge is -2.13. The molecule has 21 heavy (non-hydrogen) atoms. The summed E-state index contributed by atoms with van der Waals surface area (Å²) in [5.74, 6) is -0.195. The van der Waals surface area contributed by atoms with Gasteiger partial charge in [-0.2, -0.15) is 0 Å². The van der Waals surface area contributed by atoms with E-state index in [0.717, 1.165) is 18.4 Å². The topological polar surface area (TPSA) is 35.2 Å². The van der Waals surface area contributed by atoms with E-state index in [9.17, 15) is 13.2 Å². The van der Waals surface area contributed by atoms with Crippen molar-refractivity contribution in [1.82, 2.24) is 0 Å². The molecule has 0 bridgehead atoms. The van der Waals surface area contributed by atoms with Gasteiger partial charge < -0.3 is 10.5 Å². The minimum Gasteiger partial charge on any atom is -0.406 e. The molecule has 5 heteroatoms. The second kappa shape index (κ2) is 8.93. The Labute approximate surface area is 124 Å². The summed E-state index contributed by atoms with van der Waals surface area (Å²) in [7, 11) is 0. The van der Waals surface area contributed by atoms with Gasteiger partial charge in [0.15, 0.2) is 0 Å². The Morgan fingerprint density at radius 2 is 1.67 bits per heavy atom. The Morgan fingerprint density at radius 3 is 2.24 bits per heavy atom. The van der Waals surface area contributed by atoms with E-state index in [-0.39, 0.29) is 11.8 Å². The zero-order chi connectivity index (χ0) is 15.7. The maximum absolute atomic E-state index is 12.0. The fraction of sp³-hybridized carbons (Fsp3) is 0.625. The summed E-state index contributed by atoms with van der Waals surface area (Å²) in [6.07, 6.45) is 3.01. The number of unbranched alkanes of at least 4 members (excludes halogenated alkanes) is 4. The number of ether oxygens (including phenoxy) is 1. The van der Waals surface area contributed by atoms with Gasteiger partial charge in [0.2, 0.25) is 0 Å². The molecule has 2 N–H and O–H groups in total. The lowest BCUT2D eigenvalue weighted by Crippen LogP contribution is -2.22. The maximum Gasteiger partial charge on any atom is 0.573 e. The number of benzene rings is 1. The van der Waals surface area contributed by atoms with Gasteiger partial charge in [0.25, 0.3) is 0 Å². The van der Waals surface area contributed by atoms with Gasteiger partial charge in [-0.15, -0.1) is 13.2 Å². The Kier molecular flexibility index (Phi) is 7.57. The molecule has 120 valence electrons. The molecule has 0 saturated carbocycles. The second-order valence-corrected chi connectivity index (χ2v) is 5.36. The van der Waals surface area contributed by atoms with Crippen molar-refractivity contribution in [2.75, 3.05) is 0 Å². The van der Waals surface area contributed by atoms with E-state index in [1.807, 2.05) is 0 Å². The number of hydrogen-bond acceptors (Lipinski definition) is 2. The van der Waals surface area contributed by atoms with Gasteiger partial charge in [0, 0.05) is 6.04 Å². The third-order valence-electron chi connectivity index (χ3n) is 3.33. The van der Waals surface area contributed by atoms with Crippen molar-refractivity contribution in [3.8, 4) is 5.75 Å². The van der Waals surface area contributed by atoms with E-state index in [4.69, 9.17) is 5.73 Å². The summed E-state index contributed by atoms with van der Waals surface area (Å²) in [5.41, 5.74) is 6.98. The van der Waals surface area contributed by atoms with Crippen LogP contribution in [0, 0.1) is 0 Å². The van der Waals surface area contributed by atoms with Crippen LogP contribution < -0.4 is 10.5 Å². The zero-order valence-corrected chi connectivity index (χ0v) is 12.5. The largest absolute Gasteiger partial charge is 0.573 e. The number of rotatable bonds is 9. The van der Waals surface area contributed by atoms with Crippen molar-refractivity contribution < 1.29 is 17.9 Å². The van der Waals surface area contributed by atoms with Gasteiger partial charge in [-0.3, -0.25) is 0 Å². The Balaban J connectivity index is 2.31. The van der Waals surface area contributed by atoms with Crippen LogP contribution in [-0.4, -0.2) is 12.4 Å². The van der Waals surface area contributed by atoms with E-state index in [0.29, 0.717) is 6.42 Å². The third-order valence-corrected chi connectivity index (χ3v) is 3.33. The fourth-order valence-electron chi connectivity index (χ4n) is 2.24. The van der Waals surface area contributed by atoms with Crippen molar-refractivity contribution in [2.45, 2.75) is 64.3 Å². The molecule has 2 nitrogen and oxygen atoms in total. The second-order valence-electron chi connectivity index (χ2n) is 5.36. The van der Waals surface area contributed by atoms with Crippen LogP contribution in [0.3, 0.4) is 0 Å². The number of nitrogens with two attached hydrogens (primary N) is 1. The molecule has 1 aromatic rings. The molecule has 0 aliphatic rings. The summed E-state index contributed by atoms with van der Waals surface area (Å²) in [6, 6.07) is 5.99. The summed E-state index contributed by atoms with van der Waals surface area (Å²) >= 11 is 0. The highest BCUT2D eigenvalue weighted by Crippen LogP contribution is 2.23. The van der Waals surface area contributed by atoms with Gasteiger partial charge >= 0.3 is 6.36 Å². The van der Waals surface area contributed by atoms with Crippen molar-refractivity contribution in [3.05, 3.63) is 29.8 Å². The van der Waals surface area contributed by atoms with Crippen LogP contribution in [0.15, 0.2) is 24.3 Å². The summed E-state index contributed by atoms with van der Waals surface area (Å²) < 4.78 is 39.9. The highest BCUT2D eigenvalue weighted by molar-refractivity contribution is 5.27. The highest BCUT2D eigenvalue weighted by atomic mass is 19.4. The Morgan fingerprint density at radius 1 is 1.05 bits per heavy atom. The lowest BCUT2D eigenvalue weighted by molar-refractivity contribution is -0.274. The summed E-state index contributed by atoms with van der Waals surface area (Å²) in [6.45, 7) is 2.18. The average molecular weight is 303 g/mol. The zero-order valence-electron chi connectivity index (χ0n) is 12.5. The number of hydrogen-bond donors (Lipinski definition) is 1. The quantitative estimate of drug-likeness (QED) is 0.664. The van der Waals surface area contributed by atoms with Crippen LogP contribution in [0.25, 0.3) is 0 Å². The molecule has 0 saturated heterocycles. The van der Waals surface area contributed by atoms with Crippen LogP contribution >= 0.6 is 0 Å². The molecule has 1 rings (SSSR count). The first-order valence-corrected chi connectivity index (χ1v) is 7.51. The van der Waals surface area contributed by atoms with Crippen LogP contribution in [-0.2, 0) is 6.42 Å². The molecule has 0 aromatic heterocycles. The molecule has 0 amide bonds.